The smallest absolute Gasteiger partial charge is 0.268 e. The number of amides is 2. The fourth-order valence-electron chi connectivity index (χ4n) is 6.18. The van der Waals surface area contributed by atoms with Crippen LogP contribution in [0, 0.1) is 0 Å². The maximum Gasteiger partial charge on any atom is 0.268 e. The molecule has 0 aliphatic heterocycles. The summed E-state index contributed by atoms with van der Waals surface area (Å²) in [5.41, 5.74) is 5.26. The molecule has 1 fully saturated rings. The van der Waals surface area contributed by atoms with Crippen LogP contribution in [0.5, 0.6) is 0 Å². The normalized spacial score (nSPS) is 14.5. The van der Waals surface area contributed by atoms with E-state index < -0.39 is 0 Å². The number of hydrogen-bond acceptors (Lipinski definition) is 6. The van der Waals surface area contributed by atoms with Crippen LogP contribution in [0.2, 0.25) is 10.0 Å². The van der Waals surface area contributed by atoms with Crippen molar-refractivity contribution in [3.8, 4) is 0 Å². The van der Waals surface area contributed by atoms with E-state index in [-0.39, 0.29) is 17.2 Å². The van der Waals surface area contributed by atoms with Gasteiger partial charge in [0.05, 0.1) is 11.0 Å². The van der Waals surface area contributed by atoms with Crippen LogP contribution in [0.25, 0.3) is 21.8 Å². The highest BCUT2D eigenvalue weighted by Gasteiger charge is 2.35. The van der Waals surface area contributed by atoms with E-state index in [4.69, 9.17) is 23.2 Å². The summed E-state index contributed by atoms with van der Waals surface area (Å²) in [7, 11) is 0. The second-order valence-corrected chi connectivity index (χ2v) is 13.5. The van der Waals surface area contributed by atoms with E-state index in [1.807, 2.05) is 36.4 Å². The first kappa shape index (κ1) is 28.9. The minimum absolute atomic E-state index is 0.140. The lowest BCUT2D eigenvalue weighted by molar-refractivity contribution is 0.102. The molecule has 0 atom stereocenters. The Kier molecular flexibility index (Phi) is 7.84. The van der Waals surface area contributed by atoms with Gasteiger partial charge in [0.15, 0.2) is 0 Å². The summed E-state index contributed by atoms with van der Waals surface area (Å²) in [4.78, 5) is 27.3. The minimum Gasteiger partial charge on any atom is -0.321 e. The van der Waals surface area contributed by atoms with Gasteiger partial charge in [-0.25, -0.2) is 0 Å². The van der Waals surface area contributed by atoms with Gasteiger partial charge in [-0.05, 0) is 108 Å². The first-order chi connectivity index (χ1) is 21.4. The third-order valence-electron chi connectivity index (χ3n) is 8.39. The summed E-state index contributed by atoms with van der Waals surface area (Å²) >= 11 is 14.7. The molecule has 7 rings (SSSR count). The highest BCUT2D eigenvalue weighted by atomic mass is 35.5. The molecule has 6 aromatic rings. The number of nitrogens with one attached hydrogen (secondary N) is 2. The predicted molar refractivity (Wildman–Crippen MR) is 182 cm³/mol. The Morgan fingerprint density at radius 3 is 1.48 bits per heavy atom. The van der Waals surface area contributed by atoms with Gasteiger partial charge in [-0.2, -0.15) is 8.75 Å². The molecular formula is C34H26Cl2N4O2S2. The number of hydrogen-bond donors (Lipinski definition) is 2. The van der Waals surface area contributed by atoms with Crippen LogP contribution in [0.15, 0.2) is 84.9 Å². The summed E-state index contributed by atoms with van der Waals surface area (Å²) < 4.78 is 8.76. The summed E-state index contributed by atoms with van der Waals surface area (Å²) in [5, 5.41) is 8.70. The lowest BCUT2D eigenvalue weighted by Crippen LogP contribution is -2.30. The van der Waals surface area contributed by atoms with Gasteiger partial charge in [0.2, 0.25) is 0 Å². The van der Waals surface area contributed by atoms with Crippen LogP contribution in [0.1, 0.15) is 62.6 Å². The molecule has 220 valence electrons. The number of carbonyl (C=O) groups is 2. The molecule has 0 spiro atoms. The van der Waals surface area contributed by atoms with Gasteiger partial charge >= 0.3 is 0 Å². The zero-order valence-corrected chi connectivity index (χ0v) is 26.5. The Labute approximate surface area is 272 Å². The Bertz CT molecular complexity index is 1870. The maximum atomic E-state index is 13.1. The third kappa shape index (κ3) is 5.48. The van der Waals surface area contributed by atoms with Gasteiger partial charge in [-0.3, -0.25) is 9.59 Å². The number of rotatable bonds is 6. The minimum atomic E-state index is -0.202. The van der Waals surface area contributed by atoms with E-state index >= 15 is 0 Å². The standard InChI is InChI=1S/C34H26Cl2N4O2S2/c35-22-8-14-28-26(18-22)30(43-39-28)32(41)37-24-10-4-20(5-11-24)34(16-2-1-3-17-34)21-6-12-25(13-7-21)38-33(42)31-27-19-23(36)9-15-29(27)40-44-31/h4-15,18-19H,1-3,16-17H2,(H,37,41)(H,38,42). The van der Waals surface area contributed by atoms with Gasteiger partial charge in [-0.1, -0.05) is 66.7 Å². The quantitative estimate of drug-likeness (QED) is 0.187. The number of nitrogens with zero attached hydrogens (tertiary/aromatic N) is 2. The van der Waals surface area contributed by atoms with E-state index in [1.165, 1.54) is 40.6 Å². The zero-order valence-electron chi connectivity index (χ0n) is 23.4. The Balaban J connectivity index is 1.10. The number of halogens is 2. The number of carbonyl (C=O) groups excluding carboxylic acids is 2. The maximum absolute atomic E-state index is 13.1. The van der Waals surface area contributed by atoms with E-state index in [0.717, 1.165) is 58.9 Å². The highest BCUT2D eigenvalue weighted by molar-refractivity contribution is 7.10. The van der Waals surface area contributed by atoms with Gasteiger partial charge < -0.3 is 10.6 Å². The van der Waals surface area contributed by atoms with Gasteiger partial charge in [0, 0.05) is 37.6 Å². The summed E-state index contributed by atoms with van der Waals surface area (Å²) in [5.74, 6) is -0.404. The largest absolute Gasteiger partial charge is 0.321 e. The Hall–Kier alpha value is -3.82. The van der Waals surface area contributed by atoms with E-state index in [1.54, 1.807) is 24.3 Å². The van der Waals surface area contributed by atoms with Gasteiger partial charge in [-0.15, -0.1) is 0 Å². The Morgan fingerprint density at radius 2 is 1.05 bits per heavy atom. The highest BCUT2D eigenvalue weighted by Crippen LogP contribution is 2.45. The predicted octanol–water partition coefficient (Wildman–Crippen LogP) is 9.97. The van der Waals surface area contributed by atoms with Crippen molar-refractivity contribution in [2.75, 3.05) is 10.6 Å². The lowest BCUT2D eigenvalue weighted by Gasteiger charge is -2.39. The van der Waals surface area contributed by atoms with E-state index in [2.05, 4.69) is 43.6 Å². The molecule has 0 radical (unpaired) electrons. The fourth-order valence-corrected chi connectivity index (χ4v) is 8.01. The molecular weight excluding hydrogens is 631 g/mol. The van der Waals surface area contributed by atoms with Crippen LogP contribution < -0.4 is 10.6 Å². The summed E-state index contributed by atoms with van der Waals surface area (Å²) in [6, 6.07) is 27.1. The number of fused-ring (bicyclic) bond motifs is 2. The molecule has 1 aliphatic carbocycles. The SMILES string of the molecule is O=C(Nc1ccc(C2(c3ccc(NC(=O)c4snc5ccc(Cl)cc45)cc3)CCCCC2)cc1)c1snc2ccc(Cl)cc12. The zero-order chi connectivity index (χ0) is 30.3. The molecule has 44 heavy (non-hydrogen) atoms. The van der Waals surface area contributed by atoms with Crippen LogP contribution in [0.3, 0.4) is 0 Å². The van der Waals surface area contributed by atoms with Crippen molar-refractivity contribution in [2.45, 2.75) is 37.5 Å². The fraction of sp³-hybridized carbons (Fsp3) is 0.176. The number of aromatic nitrogens is 2. The summed E-state index contributed by atoms with van der Waals surface area (Å²) in [6.07, 6.45) is 5.55. The molecule has 2 amide bonds. The molecule has 4 aromatic carbocycles. The van der Waals surface area contributed by atoms with E-state index in [9.17, 15) is 9.59 Å². The van der Waals surface area contributed by atoms with Crippen molar-refractivity contribution in [1.29, 1.82) is 0 Å². The van der Waals surface area contributed by atoms with Crippen molar-refractivity contribution in [3.05, 3.63) is 116 Å². The second kappa shape index (κ2) is 11.9. The van der Waals surface area contributed by atoms with Crippen molar-refractivity contribution in [2.24, 2.45) is 0 Å². The molecule has 6 nitrogen and oxygen atoms in total. The second-order valence-electron chi connectivity index (χ2n) is 11.1. The molecule has 2 heterocycles. The molecule has 0 bridgehead atoms. The average molecular weight is 658 g/mol. The number of anilines is 2. The van der Waals surface area contributed by atoms with Crippen LogP contribution in [0.4, 0.5) is 11.4 Å². The third-order valence-corrected chi connectivity index (χ3v) is 10.6. The monoisotopic (exact) mass is 656 g/mol. The van der Waals surface area contributed by atoms with Crippen LogP contribution >= 0.6 is 46.3 Å². The molecule has 10 heteroatoms. The first-order valence-corrected chi connectivity index (χ1v) is 16.6. The van der Waals surface area contributed by atoms with Crippen molar-refractivity contribution >= 4 is 91.3 Å². The molecule has 0 saturated heterocycles. The first-order valence-electron chi connectivity index (χ1n) is 14.3. The Morgan fingerprint density at radius 1 is 0.614 bits per heavy atom. The van der Waals surface area contributed by atoms with Crippen LogP contribution in [-0.2, 0) is 5.41 Å². The van der Waals surface area contributed by atoms with Crippen molar-refractivity contribution < 1.29 is 9.59 Å². The molecule has 2 N–H and O–H groups in total. The molecule has 2 aromatic heterocycles. The molecule has 1 aliphatic rings. The average Bonchev–Trinajstić information content (AvgIpc) is 3.66. The molecule has 0 unspecified atom stereocenters. The van der Waals surface area contributed by atoms with Crippen LogP contribution in [-0.4, -0.2) is 20.6 Å². The molecule has 1 saturated carbocycles. The van der Waals surface area contributed by atoms with Gasteiger partial charge in [0.1, 0.15) is 9.75 Å². The summed E-state index contributed by atoms with van der Waals surface area (Å²) in [6.45, 7) is 0. The number of benzene rings is 4. The van der Waals surface area contributed by atoms with E-state index in [0.29, 0.717) is 19.8 Å². The topological polar surface area (TPSA) is 84.0 Å². The lowest BCUT2D eigenvalue weighted by atomic mass is 9.65. The van der Waals surface area contributed by atoms with Gasteiger partial charge in [0.25, 0.3) is 11.8 Å². The van der Waals surface area contributed by atoms with Crippen molar-refractivity contribution in [1.82, 2.24) is 8.75 Å². The van der Waals surface area contributed by atoms with Crippen molar-refractivity contribution in [3.63, 3.8) is 0 Å².